The van der Waals surface area contributed by atoms with Gasteiger partial charge in [0.1, 0.15) is 0 Å². The molecular formula is C84H106N2O5. The number of aliphatic hydroxyl groups excluding tert-OH is 3. The first-order valence-corrected chi connectivity index (χ1v) is 37.1. The van der Waals surface area contributed by atoms with E-state index in [0.29, 0.717) is 31.1 Å². The van der Waals surface area contributed by atoms with Gasteiger partial charge in [-0.2, -0.15) is 0 Å². The summed E-state index contributed by atoms with van der Waals surface area (Å²) in [7, 11) is 0. The maximum Gasteiger partial charge on any atom is 0.306 e. The van der Waals surface area contributed by atoms with Gasteiger partial charge in [0, 0.05) is 46.6 Å². The third kappa shape index (κ3) is 9.20. The minimum Gasteiger partial charge on any atom is -0.516 e. The second-order valence-corrected chi connectivity index (χ2v) is 33.4. The number of aryl methyl sites for hydroxylation is 1. The van der Waals surface area contributed by atoms with Crippen LogP contribution in [0.15, 0.2) is 138 Å². The van der Waals surface area contributed by atoms with Crippen LogP contribution in [-0.2, 0) is 24.1 Å². The molecule has 3 aromatic rings. The molecule has 0 amide bonds. The summed E-state index contributed by atoms with van der Waals surface area (Å²) >= 11 is 0. The Morgan fingerprint density at radius 3 is 2.47 bits per heavy atom. The molecule has 0 saturated heterocycles. The van der Waals surface area contributed by atoms with Crippen LogP contribution in [0.1, 0.15) is 210 Å². The third-order valence-electron chi connectivity index (χ3n) is 29.5. The van der Waals surface area contributed by atoms with Gasteiger partial charge in [-0.25, -0.2) is 0 Å². The van der Waals surface area contributed by atoms with Gasteiger partial charge in [-0.15, -0.1) is 0 Å². The maximum atomic E-state index is 14.9. The normalized spacial score (nSPS) is 41.0. The van der Waals surface area contributed by atoms with Crippen LogP contribution in [0, 0.1) is 85.2 Å². The van der Waals surface area contributed by atoms with E-state index in [2.05, 4.69) is 141 Å². The minimum atomic E-state index is -0.770. The largest absolute Gasteiger partial charge is 0.516 e. The zero-order valence-electron chi connectivity index (χ0n) is 55.4. The smallest absolute Gasteiger partial charge is 0.306 e. The van der Waals surface area contributed by atoms with Crippen molar-refractivity contribution in [1.29, 1.82) is 0 Å². The first-order chi connectivity index (χ1) is 44.2. The number of nitrogens with one attached hydrogen (secondary N) is 2. The molecule has 6 saturated carbocycles. The quantitative estimate of drug-likeness (QED) is 0.0755. The highest BCUT2D eigenvalue weighted by Gasteiger charge is 2.82. The molecule has 0 radical (unpaired) electrons. The van der Waals surface area contributed by atoms with Crippen molar-refractivity contribution in [2.24, 2.45) is 85.2 Å². The second kappa shape index (κ2) is 22.9. The number of dihydropyridines is 1. The van der Waals surface area contributed by atoms with E-state index in [1.807, 2.05) is 0 Å². The van der Waals surface area contributed by atoms with E-state index >= 15 is 0 Å². The van der Waals surface area contributed by atoms with Crippen molar-refractivity contribution >= 4 is 23.2 Å². The number of carbonyl (C=O) groups is 1. The van der Waals surface area contributed by atoms with Gasteiger partial charge >= 0.3 is 5.97 Å². The minimum absolute atomic E-state index is 0.0910. The van der Waals surface area contributed by atoms with E-state index in [1.165, 1.54) is 128 Å². The van der Waals surface area contributed by atoms with Gasteiger partial charge < -0.3 is 31.1 Å². The number of carboxylic acids is 1. The Bertz CT molecular complexity index is 3710. The van der Waals surface area contributed by atoms with E-state index in [-0.39, 0.29) is 45.3 Å². The van der Waals surface area contributed by atoms with Gasteiger partial charge in [-0.1, -0.05) is 167 Å². The Balaban J connectivity index is 0.880. The van der Waals surface area contributed by atoms with Crippen LogP contribution in [0.3, 0.4) is 0 Å². The zero-order valence-corrected chi connectivity index (χ0v) is 55.4. The first kappa shape index (κ1) is 60.6. The van der Waals surface area contributed by atoms with Crippen molar-refractivity contribution in [1.82, 2.24) is 10.6 Å². The number of benzene rings is 3. The summed E-state index contributed by atoms with van der Waals surface area (Å²) in [6.07, 6.45) is 45.8. The predicted molar refractivity (Wildman–Crippen MR) is 366 cm³/mol. The first-order valence-electron chi connectivity index (χ1n) is 37.1. The van der Waals surface area contributed by atoms with Gasteiger partial charge in [0.25, 0.3) is 0 Å². The number of carboxylic acid groups (broad SMARTS) is 1. The van der Waals surface area contributed by atoms with Crippen molar-refractivity contribution in [3.8, 4) is 0 Å². The molecule has 482 valence electrons. The summed E-state index contributed by atoms with van der Waals surface area (Å²) in [4.78, 5) is 14.9. The predicted octanol–water partition coefficient (Wildman–Crippen LogP) is 16.3. The summed E-state index contributed by atoms with van der Waals surface area (Å²) in [5.74, 6) is 0.885. The average molecular weight is 1220 g/mol. The van der Waals surface area contributed by atoms with E-state index in [0.717, 1.165) is 108 Å². The van der Waals surface area contributed by atoms with Gasteiger partial charge in [0.15, 0.2) is 0 Å². The SMILES string of the molecule is CCCCCc1ccccc1CC1CCC2(CCC3(CCC4CC5=C6CC78C=CCC9(C)C(O)CCC5(C5C=c%10ccccc%10=C(Cc%10cccc(c%10)C%10=CC=C(NCCCC(C%11CCCCC%11)C(=CO)CCC(C(=O)O)C%11C(O)CC63C4%11C)NC%10)C5=C7)C89)C2)C1. The number of aliphatic carboxylic acids is 1. The van der Waals surface area contributed by atoms with E-state index in [9.17, 15) is 25.2 Å². The lowest BCUT2D eigenvalue weighted by atomic mass is 9.27. The Labute approximate surface area is 543 Å². The molecule has 20 rings (SSSR count). The number of hydrogen-bond donors (Lipinski definition) is 6. The fourth-order valence-electron chi connectivity index (χ4n) is 26.1. The molecule has 16 unspecified atom stereocenters. The van der Waals surface area contributed by atoms with Crippen LogP contribution in [0.25, 0.3) is 17.2 Å². The van der Waals surface area contributed by atoms with Crippen molar-refractivity contribution < 1.29 is 25.2 Å². The Kier molecular flexibility index (Phi) is 15.3. The summed E-state index contributed by atoms with van der Waals surface area (Å²) in [6.45, 7) is 8.95. The van der Waals surface area contributed by atoms with Gasteiger partial charge in [-0.3, -0.25) is 4.79 Å². The molecule has 16 atom stereocenters. The highest BCUT2D eigenvalue weighted by Crippen LogP contribution is 2.88. The molecule has 0 aromatic heterocycles. The lowest BCUT2D eigenvalue weighted by Gasteiger charge is -2.76. The summed E-state index contributed by atoms with van der Waals surface area (Å²) in [5, 5.41) is 60.7. The van der Waals surface area contributed by atoms with Crippen LogP contribution in [0.4, 0.5) is 0 Å². The van der Waals surface area contributed by atoms with E-state index in [1.54, 1.807) is 22.3 Å². The number of fused-ring (bicyclic) bond motifs is 1. The average Bonchev–Trinajstić information content (AvgIpc) is 1.62. The lowest BCUT2D eigenvalue weighted by Crippen LogP contribution is -2.70. The Morgan fingerprint density at radius 1 is 0.802 bits per heavy atom. The third-order valence-corrected chi connectivity index (χ3v) is 29.5. The number of allylic oxidation sites excluding steroid dienone is 9. The molecule has 4 spiro atoms. The number of unbranched alkanes of at least 4 members (excludes halogenated alkanes) is 2. The Morgan fingerprint density at radius 2 is 1.65 bits per heavy atom. The van der Waals surface area contributed by atoms with E-state index < -0.39 is 46.3 Å². The molecule has 7 nitrogen and oxygen atoms in total. The van der Waals surface area contributed by atoms with Crippen molar-refractivity contribution in [3.05, 3.63) is 170 Å². The molecular weight excluding hydrogens is 1120 g/mol. The second-order valence-electron chi connectivity index (χ2n) is 33.4. The fourth-order valence-corrected chi connectivity index (χ4v) is 26.1. The fraction of sp³-hybridized carbons (Fsp3) is 0.607. The van der Waals surface area contributed by atoms with Crippen LogP contribution in [-0.4, -0.2) is 51.7 Å². The molecule has 7 heteroatoms. The molecule has 6 heterocycles. The highest BCUT2D eigenvalue weighted by atomic mass is 16.4. The van der Waals surface area contributed by atoms with Crippen LogP contribution < -0.4 is 21.1 Å². The van der Waals surface area contributed by atoms with Crippen molar-refractivity contribution in [3.63, 3.8) is 0 Å². The molecule has 6 aliphatic heterocycles. The molecule has 6 fully saturated rings. The summed E-state index contributed by atoms with van der Waals surface area (Å²) < 4.78 is 0. The topological polar surface area (TPSA) is 122 Å². The standard InChI is InChI=1S/C84H106N2O5/c1-4-5-7-18-56-19-10-11-22-58(56)43-55-31-36-80(47-55)39-40-82(53-80)37-32-63-46-70-71-49-81-35-16-34-78(2)73(89)33-38-83(70,77(78)81)69-45-60-23-12-13-25-65(60)67(68(69)48-81)44-54-17-14-24-59(42-54)61-28-30-74(86-51-61)85-41-15-26-64(57-20-8-6-9-21-57)62(52-87)27-29-66(76(90)91)75-72(88)50-84(71,82)79(63,75)3/h10-14,16-17,19,22-25,28,30,35,42,45,48,52,55,57,63-64,66,69,72-73,75,77,85-89H,4-9,15,18,20-21,26-27,29,31-34,36-41,43-44,46-47,49-51,53H2,1-3H3,(H,90,91). The van der Waals surface area contributed by atoms with Gasteiger partial charge in [-0.05, 0) is 261 Å². The number of aliphatic hydroxyl groups is 3. The van der Waals surface area contributed by atoms with Crippen molar-refractivity contribution in [2.75, 3.05) is 13.1 Å². The van der Waals surface area contributed by atoms with Crippen LogP contribution in [0.2, 0.25) is 0 Å². The monoisotopic (exact) mass is 1220 g/mol. The molecule has 6 N–H and O–H groups in total. The zero-order chi connectivity index (χ0) is 62.1. The molecule has 3 aromatic carbocycles. The summed E-state index contributed by atoms with van der Waals surface area (Å²) in [6, 6.07) is 28.1. The Hall–Kier alpha value is -5.37. The highest BCUT2D eigenvalue weighted by molar-refractivity contribution is 5.78. The molecule has 91 heavy (non-hydrogen) atoms. The molecule has 15 bridgehead atoms. The molecule has 17 aliphatic rings. The van der Waals surface area contributed by atoms with Crippen molar-refractivity contribution in [2.45, 2.75) is 219 Å². The molecule has 11 aliphatic carbocycles. The van der Waals surface area contributed by atoms with Crippen LogP contribution in [0.5, 0.6) is 0 Å². The van der Waals surface area contributed by atoms with Gasteiger partial charge in [0.05, 0.1) is 30.2 Å². The van der Waals surface area contributed by atoms with Crippen LogP contribution >= 0.6 is 0 Å². The van der Waals surface area contributed by atoms with Gasteiger partial charge in [0.2, 0.25) is 0 Å². The number of rotatable bonds is 8. The lowest BCUT2D eigenvalue weighted by molar-refractivity contribution is -0.191. The van der Waals surface area contributed by atoms with E-state index in [4.69, 9.17) is 0 Å². The maximum absolute atomic E-state index is 14.9. The number of hydrogen-bond acceptors (Lipinski definition) is 6. The summed E-state index contributed by atoms with van der Waals surface area (Å²) in [5.41, 5.74) is 12.6.